The lowest BCUT2D eigenvalue weighted by molar-refractivity contribution is -0.104. The Morgan fingerprint density at radius 2 is 1.73 bits per heavy atom. The number of carbonyl (C=O) groups excluding carboxylic acids is 1. The van der Waals surface area contributed by atoms with E-state index in [0.29, 0.717) is 37.7 Å². The maximum absolute atomic E-state index is 13.5. The Hall–Kier alpha value is -2.28. The molecule has 140 valence electrons. The van der Waals surface area contributed by atoms with Crippen molar-refractivity contribution in [3.05, 3.63) is 46.7 Å². The number of aliphatic hydroxyl groups is 1. The molecule has 2 fully saturated rings. The monoisotopic (exact) mass is 363 g/mol. The Labute approximate surface area is 150 Å². The number of rotatable bonds is 4. The minimum Gasteiger partial charge on any atom is -0.401 e. The highest BCUT2D eigenvalue weighted by Crippen LogP contribution is 2.55. The summed E-state index contributed by atoms with van der Waals surface area (Å²) in [5.41, 5.74) is 11.6. The zero-order chi connectivity index (χ0) is 19.1. The van der Waals surface area contributed by atoms with Gasteiger partial charge in [0.05, 0.1) is 11.2 Å². The first-order valence-corrected chi connectivity index (χ1v) is 8.63. The fourth-order valence-electron chi connectivity index (χ4n) is 4.59. The second-order valence-corrected chi connectivity index (χ2v) is 7.38. The number of allylic oxidation sites excluding steroid dienone is 1. The Bertz CT molecular complexity index is 757. The molecule has 7 heteroatoms. The van der Waals surface area contributed by atoms with Gasteiger partial charge in [-0.3, -0.25) is 9.79 Å². The maximum atomic E-state index is 13.5. The first kappa shape index (κ1) is 18.5. The molecule has 2 saturated carbocycles. The van der Waals surface area contributed by atoms with E-state index in [1.54, 1.807) is 0 Å². The van der Waals surface area contributed by atoms with Crippen LogP contribution in [-0.4, -0.2) is 24.3 Å². The standard InChI is InChI=1S/C19H23F2N3O2/c1-24-18(23)16(9-25)17(22)10-2-11-7-19(26,8-12(11)3-10)13-4-14(20)6-15(21)5-13/h4-6,9-12,26H,2-3,7-8,22H2,1H3,(H2,23,24)/b17-16-. The van der Waals surface area contributed by atoms with Crippen LogP contribution in [0.2, 0.25) is 0 Å². The van der Waals surface area contributed by atoms with Gasteiger partial charge in [-0.25, -0.2) is 8.78 Å². The van der Waals surface area contributed by atoms with Crippen LogP contribution >= 0.6 is 0 Å². The molecule has 0 saturated heterocycles. The zero-order valence-corrected chi connectivity index (χ0v) is 14.6. The van der Waals surface area contributed by atoms with E-state index in [0.717, 1.165) is 6.07 Å². The minimum absolute atomic E-state index is 0.0145. The van der Waals surface area contributed by atoms with E-state index in [2.05, 4.69) is 4.99 Å². The van der Waals surface area contributed by atoms with Crippen LogP contribution in [0.25, 0.3) is 0 Å². The van der Waals surface area contributed by atoms with Gasteiger partial charge in [0.2, 0.25) is 0 Å². The number of hydrogen-bond donors (Lipinski definition) is 3. The number of aliphatic imine (C=N–C) groups is 1. The van der Waals surface area contributed by atoms with Crippen LogP contribution in [0.1, 0.15) is 31.2 Å². The van der Waals surface area contributed by atoms with Crippen molar-refractivity contribution in [1.82, 2.24) is 0 Å². The third kappa shape index (κ3) is 3.23. The summed E-state index contributed by atoms with van der Waals surface area (Å²) in [6.45, 7) is 0. The number of amidine groups is 1. The van der Waals surface area contributed by atoms with Gasteiger partial charge >= 0.3 is 0 Å². The van der Waals surface area contributed by atoms with Crippen molar-refractivity contribution < 1.29 is 18.7 Å². The molecule has 1 aromatic carbocycles. The number of aldehydes is 1. The van der Waals surface area contributed by atoms with Crippen LogP contribution in [0.3, 0.4) is 0 Å². The second-order valence-electron chi connectivity index (χ2n) is 7.38. The molecule has 0 spiro atoms. The number of benzene rings is 1. The van der Waals surface area contributed by atoms with Gasteiger partial charge in [0.1, 0.15) is 17.5 Å². The number of fused-ring (bicyclic) bond motifs is 1. The third-order valence-corrected chi connectivity index (χ3v) is 5.83. The van der Waals surface area contributed by atoms with Gasteiger partial charge in [-0.2, -0.15) is 0 Å². The molecule has 0 amide bonds. The molecular formula is C19H23F2N3O2. The number of nitrogens with zero attached hydrogens (tertiary/aromatic N) is 1. The van der Waals surface area contributed by atoms with Crippen LogP contribution in [0.4, 0.5) is 8.78 Å². The molecule has 0 heterocycles. The SMILES string of the molecule is CN=C(N)/C(C=O)=C(\N)C1CC2CC(O)(c3cc(F)cc(F)c3)CC2C1. The molecule has 2 unspecified atom stereocenters. The van der Waals surface area contributed by atoms with Crippen LogP contribution in [-0.2, 0) is 10.4 Å². The van der Waals surface area contributed by atoms with Gasteiger partial charge < -0.3 is 16.6 Å². The van der Waals surface area contributed by atoms with E-state index in [-0.39, 0.29) is 34.7 Å². The van der Waals surface area contributed by atoms with Crippen molar-refractivity contribution in [3.8, 4) is 0 Å². The highest BCUT2D eigenvalue weighted by Gasteiger charge is 2.50. The number of nitrogens with two attached hydrogens (primary N) is 2. The van der Waals surface area contributed by atoms with Crippen molar-refractivity contribution >= 4 is 12.1 Å². The van der Waals surface area contributed by atoms with Crippen molar-refractivity contribution in [3.63, 3.8) is 0 Å². The lowest BCUT2D eigenvalue weighted by Crippen LogP contribution is -2.26. The first-order chi connectivity index (χ1) is 12.3. The summed E-state index contributed by atoms with van der Waals surface area (Å²) in [6.07, 6.45) is 2.85. The fraction of sp³-hybridized carbons (Fsp3) is 0.474. The van der Waals surface area contributed by atoms with E-state index in [4.69, 9.17) is 11.5 Å². The fourth-order valence-corrected chi connectivity index (χ4v) is 4.59. The highest BCUT2D eigenvalue weighted by molar-refractivity contribution is 6.13. The summed E-state index contributed by atoms with van der Waals surface area (Å²) < 4.78 is 27.0. The second kappa shape index (κ2) is 6.79. The number of hydrogen-bond acceptors (Lipinski definition) is 4. The summed E-state index contributed by atoms with van der Waals surface area (Å²) in [5.74, 6) is -0.952. The average molecular weight is 363 g/mol. The van der Waals surface area contributed by atoms with E-state index >= 15 is 0 Å². The van der Waals surface area contributed by atoms with Crippen LogP contribution < -0.4 is 11.5 Å². The molecule has 0 aromatic heterocycles. The molecule has 0 radical (unpaired) electrons. The Morgan fingerprint density at radius 1 is 1.19 bits per heavy atom. The molecule has 5 nitrogen and oxygen atoms in total. The molecule has 2 aliphatic rings. The van der Waals surface area contributed by atoms with Crippen LogP contribution in [0.5, 0.6) is 0 Å². The van der Waals surface area contributed by atoms with Gasteiger partial charge in [0.25, 0.3) is 0 Å². The topological polar surface area (TPSA) is 102 Å². The molecule has 5 N–H and O–H groups in total. The summed E-state index contributed by atoms with van der Waals surface area (Å²) in [6, 6.07) is 3.18. The predicted molar refractivity (Wildman–Crippen MR) is 94.0 cm³/mol. The van der Waals surface area contributed by atoms with Crippen LogP contribution in [0, 0.1) is 29.4 Å². The van der Waals surface area contributed by atoms with Crippen molar-refractivity contribution in [2.45, 2.75) is 31.3 Å². The van der Waals surface area contributed by atoms with E-state index in [1.807, 2.05) is 0 Å². The maximum Gasteiger partial charge on any atom is 0.155 e. The molecule has 0 aliphatic heterocycles. The molecule has 2 aliphatic carbocycles. The van der Waals surface area contributed by atoms with Crippen LogP contribution in [0.15, 0.2) is 34.5 Å². The largest absolute Gasteiger partial charge is 0.401 e. The molecular weight excluding hydrogens is 340 g/mol. The average Bonchev–Trinajstić information content (AvgIpc) is 3.10. The van der Waals surface area contributed by atoms with E-state index in [1.165, 1.54) is 19.2 Å². The third-order valence-electron chi connectivity index (χ3n) is 5.83. The smallest absolute Gasteiger partial charge is 0.155 e. The summed E-state index contributed by atoms with van der Waals surface area (Å²) in [5, 5.41) is 11.0. The van der Waals surface area contributed by atoms with Crippen molar-refractivity contribution in [2.75, 3.05) is 7.05 Å². The molecule has 1 aromatic rings. The summed E-state index contributed by atoms with van der Waals surface area (Å²) >= 11 is 0. The van der Waals surface area contributed by atoms with E-state index < -0.39 is 17.2 Å². The van der Waals surface area contributed by atoms with Gasteiger partial charge in [-0.1, -0.05) is 0 Å². The Balaban J connectivity index is 1.79. The molecule has 0 bridgehead atoms. The van der Waals surface area contributed by atoms with Crippen molar-refractivity contribution in [2.24, 2.45) is 34.2 Å². The predicted octanol–water partition coefficient (Wildman–Crippen LogP) is 1.99. The van der Waals surface area contributed by atoms with Gasteiger partial charge in [0, 0.05) is 18.8 Å². The Morgan fingerprint density at radius 3 is 2.19 bits per heavy atom. The lowest BCUT2D eigenvalue weighted by Gasteiger charge is -2.26. The van der Waals surface area contributed by atoms with Gasteiger partial charge in [-0.05, 0) is 61.1 Å². The quantitative estimate of drug-likeness (QED) is 0.329. The first-order valence-electron chi connectivity index (χ1n) is 8.63. The Kier molecular flexibility index (Phi) is 4.84. The highest BCUT2D eigenvalue weighted by atomic mass is 19.1. The molecule has 3 rings (SSSR count). The van der Waals surface area contributed by atoms with E-state index in [9.17, 15) is 18.7 Å². The number of carbonyl (C=O) groups is 1. The summed E-state index contributed by atoms with van der Waals surface area (Å²) in [4.78, 5) is 15.1. The minimum atomic E-state index is -1.24. The summed E-state index contributed by atoms with van der Waals surface area (Å²) in [7, 11) is 1.49. The lowest BCUT2D eigenvalue weighted by atomic mass is 9.87. The number of halogens is 2. The van der Waals surface area contributed by atoms with Gasteiger partial charge in [0.15, 0.2) is 6.29 Å². The van der Waals surface area contributed by atoms with Crippen molar-refractivity contribution in [1.29, 1.82) is 0 Å². The normalized spacial score (nSPS) is 32.3. The molecule has 2 atom stereocenters. The zero-order valence-electron chi connectivity index (χ0n) is 14.6. The van der Waals surface area contributed by atoms with Gasteiger partial charge in [-0.15, -0.1) is 0 Å². The molecule has 26 heavy (non-hydrogen) atoms.